The largest absolute Gasteiger partial charge is 0.411 e. The van der Waals surface area contributed by atoms with Gasteiger partial charge in [-0.05, 0) is 31.2 Å². The molecule has 0 aliphatic heterocycles. The molecule has 1 aliphatic carbocycles. The number of oxime groups is 1. The SMILES string of the molecule is COC1(c2ccccc2)CCCCC/C1=N/O. The smallest absolute Gasteiger partial charge is 0.134 e. The number of hydrogen-bond donors (Lipinski definition) is 1. The van der Waals surface area contributed by atoms with E-state index in [-0.39, 0.29) is 0 Å². The second-order valence-electron chi connectivity index (χ2n) is 4.50. The van der Waals surface area contributed by atoms with Gasteiger partial charge in [-0.15, -0.1) is 0 Å². The lowest BCUT2D eigenvalue weighted by Gasteiger charge is -2.32. The fourth-order valence-corrected chi connectivity index (χ4v) is 2.68. The van der Waals surface area contributed by atoms with Crippen LogP contribution in [0.3, 0.4) is 0 Å². The van der Waals surface area contributed by atoms with Crippen LogP contribution in [0.4, 0.5) is 0 Å². The molecule has 3 heteroatoms. The van der Waals surface area contributed by atoms with Crippen molar-refractivity contribution in [3.8, 4) is 0 Å². The molecule has 1 N–H and O–H groups in total. The van der Waals surface area contributed by atoms with Crippen LogP contribution in [0.2, 0.25) is 0 Å². The van der Waals surface area contributed by atoms with Crippen molar-refractivity contribution in [3.05, 3.63) is 35.9 Å². The van der Waals surface area contributed by atoms with Crippen LogP contribution in [0, 0.1) is 0 Å². The van der Waals surface area contributed by atoms with Gasteiger partial charge in [-0.1, -0.05) is 41.9 Å². The Labute approximate surface area is 102 Å². The summed E-state index contributed by atoms with van der Waals surface area (Å²) in [6.45, 7) is 0. The molecule has 0 aromatic heterocycles. The molecule has 0 radical (unpaired) electrons. The molecule has 0 spiro atoms. The average molecular weight is 233 g/mol. The molecule has 1 atom stereocenters. The molecule has 17 heavy (non-hydrogen) atoms. The minimum atomic E-state index is -0.535. The zero-order valence-corrected chi connectivity index (χ0v) is 10.2. The molecule has 1 unspecified atom stereocenters. The third-order valence-electron chi connectivity index (χ3n) is 3.62. The van der Waals surface area contributed by atoms with Gasteiger partial charge in [0.15, 0.2) is 0 Å². The highest BCUT2D eigenvalue weighted by Crippen LogP contribution is 2.37. The van der Waals surface area contributed by atoms with E-state index in [9.17, 15) is 5.21 Å². The van der Waals surface area contributed by atoms with Crippen molar-refractivity contribution in [2.75, 3.05) is 7.11 Å². The predicted octanol–water partition coefficient (Wildman–Crippen LogP) is 3.32. The van der Waals surface area contributed by atoms with Gasteiger partial charge in [0.2, 0.25) is 0 Å². The molecule has 0 saturated heterocycles. The first-order valence-corrected chi connectivity index (χ1v) is 6.15. The number of hydrogen-bond acceptors (Lipinski definition) is 3. The fraction of sp³-hybridized carbons (Fsp3) is 0.500. The zero-order valence-electron chi connectivity index (χ0n) is 10.2. The third kappa shape index (κ3) is 2.20. The Morgan fingerprint density at radius 3 is 2.59 bits per heavy atom. The summed E-state index contributed by atoms with van der Waals surface area (Å²) in [7, 11) is 1.70. The van der Waals surface area contributed by atoms with Crippen LogP contribution >= 0.6 is 0 Å². The molecule has 1 saturated carbocycles. The Bertz CT molecular complexity index is 388. The summed E-state index contributed by atoms with van der Waals surface area (Å²) in [6, 6.07) is 10.1. The first-order valence-electron chi connectivity index (χ1n) is 6.15. The summed E-state index contributed by atoms with van der Waals surface area (Å²) in [5.74, 6) is 0. The maximum atomic E-state index is 9.25. The second-order valence-corrected chi connectivity index (χ2v) is 4.50. The second kappa shape index (κ2) is 5.32. The molecule has 1 aromatic carbocycles. The van der Waals surface area contributed by atoms with E-state index in [1.807, 2.05) is 30.3 Å². The lowest BCUT2D eigenvalue weighted by molar-refractivity contribution is 0.0358. The molecular weight excluding hydrogens is 214 g/mol. The molecule has 1 aromatic rings. The van der Waals surface area contributed by atoms with E-state index in [4.69, 9.17) is 4.74 Å². The first kappa shape index (κ1) is 12.1. The number of rotatable bonds is 2. The molecule has 2 rings (SSSR count). The first-order chi connectivity index (χ1) is 8.33. The Kier molecular flexibility index (Phi) is 3.79. The molecule has 0 heterocycles. The van der Waals surface area contributed by atoms with Crippen molar-refractivity contribution in [3.63, 3.8) is 0 Å². The van der Waals surface area contributed by atoms with E-state index >= 15 is 0 Å². The Balaban J connectivity index is 2.46. The summed E-state index contributed by atoms with van der Waals surface area (Å²) in [4.78, 5) is 0. The lowest BCUT2D eigenvalue weighted by Crippen LogP contribution is -2.37. The minimum Gasteiger partial charge on any atom is -0.411 e. The van der Waals surface area contributed by atoms with Crippen LogP contribution in [0.25, 0.3) is 0 Å². The number of methoxy groups -OCH3 is 1. The van der Waals surface area contributed by atoms with Gasteiger partial charge in [0.05, 0.1) is 5.71 Å². The van der Waals surface area contributed by atoms with Gasteiger partial charge in [-0.3, -0.25) is 0 Å². The summed E-state index contributed by atoms with van der Waals surface area (Å²) < 4.78 is 5.76. The van der Waals surface area contributed by atoms with Gasteiger partial charge >= 0.3 is 0 Å². The Morgan fingerprint density at radius 2 is 1.94 bits per heavy atom. The molecule has 92 valence electrons. The van der Waals surface area contributed by atoms with Gasteiger partial charge in [-0.2, -0.15) is 0 Å². The van der Waals surface area contributed by atoms with E-state index < -0.39 is 5.60 Å². The molecule has 1 fully saturated rings. The highest BCUT2D eigenvalue weighted by atomic mass is 16.5. The number of nitrogens with zero attached hydrogens (tertiary/aromatic N) is 1. The highest BCUT2D eigenvalue weighted by Gasteiger charge is 2.38. The highest BCUT2D eigenvalue weighted by molar-refractivity contribution is 5.93. The van der Waals surface area contributed by atoms with Gasteiger partial charge < -0.3 is 9.94 Å². The average Bonchev–Trinajstić information content (AvgIpc) is 2.62. The molecule has 0 bridgehead atoms. The third-order valence-corrected chi connectivity index (χ3v) is 3.62. The topological polar surface area (TPSA) is 41.8 Å². The number of benzene rings is 1. The zero-order chi connectivity index (χ0) is 12.1. The van der Waals surface area contributed by atoms with E-state index in [1.54, 1.807) is 7.11 Å². The molecule has 0 amide bonds. The Morgan fingerprint density at radius 1 is 1.18 bits per heavy atom. The van der Waals surface area contributed by atoms with Crippen LogP contribution in [0.5, 0.6) is 0 Å². The van der Waals surface area contributed by atoms with E-state index in [0.29, 0.717) is 0 Å². The van der Waals surface area contributed by atoms with E-state index in [2.05, 4.69) is 5.16 Å². The van der Waals surface area contributed by atoms with E-state index in [1.165, 1.54) is 0 Å². The predicted molar refractivity (Wildman–Crippen MR) is 67.4 cm³/mol. The van der Waals surface area contributed by atoms with Crippen molar-refractivity contribution < 1.29 is 9.94 Å². The van der Waals surface area contributed by atoms with Gasteiger partial charge in [0, 0.05) is 7.11 Å². The van der Waals surface area contributed by atoms with Crippen LogP contribution in [-0.2, 0) is 10.3 Å². The quantitative estimate of drug-likeness (QED) is 0.483. The van der Waals surface area contributed by atoms with Gasteiger partial charge in [0.25, 0.3) is 0 Å². The monoisotopic (exact) mass is 233 g/mol. The Hall–Kier alpha value is -1.35. The van der Waals surface area contributed by atoms with Crippen LogP contribution in [-0.4, -0.2) is 18.0 Å². The minimum absolute atomic E-state index is 0.535. The van der Waals surface area contributed by atoms with Crippen molar-refractivity contribution in [1.29, 1.82) is 0 Å². The van der Waals surface area contributed by atoms with Crippen LogP contribution in [0.1, 0.15) is 37.7 Å². The molecule has 1 aliphatic rings. The van der Waals surface area contributed by atoms with Gasteiger partial charge in [0.1, 0.15) is 5.60 Å². The van der Waals surface area contributed by atoms with Crippen molar-refractivity contribution >= 4 is 5.71 Å². The van der Waals surface area contributed by atoms with Crippen LogP contribution in [0.15, 0.2) is 35.5 Å². The summed E-state index contributed by atoms with van der Waals surface area (Å²) in [5, 5.41) is 12.8. The van der Waals surface area contributed by atoms with Crippen molar-refractivity contribution in [2.45, 2.75) is 37.7 Å². The molecular formula is C14H19NO2. The normalized spacial score (nSPS) is 27.9. The maximum absolute atomic E-state index is 9.25. The lowest BCUT2D eigenvalue weighted by atomic mass is 9.84. The number of ether oxygens (including phenoxy) is 1. The van der Waals surface area contributed by atoms with E-state index in [0.717, 1.165) is 43.4 Å². The summed E-state index contributed by atoms with van der Waals surface area (Å²) >= 11 is 0. The standard InChI is InChI=1S/C14H19NO2/c1-17-14(12-8-4-2-5-9-12)11-7-3-6-10-13(14)15-16/h2,4-5,8-9,16H,3,6-7,10-11H2,1H3/b15-13-. The molecule has 3 nitrogen and oxygen atoms in total. The maximum Gasteiger partial charge on any atom is 0.134 e. The van der Waals surface area contributed by atoms with Crippen LogP contribution < -0.4 is 0 Å². The summed E-state index contributed by atoms with van der Waals surface area (Å²) in [6.07, 6.45) is 5.02. The van der Waals surface area contributed by atoms with Crippen molar-refractivity contribution in [1.82, 2.24) is 0 Å². The van der Waals surface area contributed by atoms with Gasteiger partial charge in [-0.25, -0.2) is 0 Å². The van der Waals surface area contributed by atoms with Crippen molar-refractivity contribution in [2.24, 2.45) is 5.16 Å². The summed E-state index contributed by atoms with van der Waals surface area (Å²) in [5.41, 5.74) is 1.30. The fourth-order valence-electron chi connectivity index (χ4n) is 2.68.